The number of H-pyrrole nitrogens is 1. The van der Waals surface area contributed by atoms with Crippen LogP contribution in [0.5, 0.6) is 0 Å². The van der Waals surface area contributed by atoms with Crippen molar-refractivity contribution in [3.8, 4) is 0 Å². The Balaban J connectivity index is 1.62. The molecule has 0 saturated carbocycles. The predicted molar refractivity (Wildman–Crippen MR) is 91.3 cm³/mol. The zero-order valence-electron chi connectivity index (χ0n) is 13.0. The molecule has 1 aliphatic rings. The number of anilines is 1. The maximum Gasteiger partial charge on any atom is 0.272 e. The lowest BCUT2D eigenvalue weighted by Crippen LogP contribution is -2.40. The number of rotatable bonds is 3. The highest BCUT2D eigenvalue weighted by Gasteiger charge is 2.22. The fourth-order valence-electron chi connectivity index (χ4n) is 2.65. The van der Waals surface area contributed by atoms with Crippen LogP contribution in [0, 0.1) is 0 Å². The van der Waals surface area contributed by atoms with Crippen molar-refractivity contribution in [2.45, 2.75) is 18.9 Å². The van der Waals surface area contributed by atoms with E-state index in [4.69, 9.17) is 11.6 Å². The summed E-state index contributed by atoms with van der Waals surface area (Å²) in [5.41, 5.74) is 1.52. The number of nitrogens with zero attached hydrogens (tertiary/aromatic N) is 1. The van der Waals surface area contributed by atoms with E-state index in [9.17, 15) is 14.7 Å². The summed E-state index contributed by atoms with van der Waals surface area (Å²) in [4.78, 5) is 28.9. The average Bonchev–Trinajstić information content (AvgIpc) is 3.02. The quantitative estimate of drug-likeness (QED) is 0.797. The van der Waals surface area contributed by atoms with Crippen molar-refractivity contribution in [2.75, 3.05) is 18.4 Å². The highest BCUT2D eigenvalue weighted by atomic mass is 35.5. The number of halogens is 1. The van der Waals surface area contributed by atoms with Crippen LogP contribution in [0.1, 0.15) is 33.7 Å². The Hall–Kier alpha value is -2.31. The molecule has 3 N–H and O–H groups in total. The molecule has 2 amide bonds. The van der Waals surface area contributed by atoms with Crippen molar-refractivity contribution in [2.24, 2.45) is 0 Å². The molecule has 3 rings (SSSR count). The molecular formula is C17H18ClN3O3. The van der Waals surface area contributed by atoms with Crippen molar-refractivity contribution < 1.29 is 14.7 Å². The number of aromatic nitrogens is 1. The van der Waals surface area contributed by atoms with Gasteiger partial charge in [-0.05, 0) is 43.2 Å². The molecule has 2 aromatic rings. The van der Waals surface area contributed by atoms with Gasteiger partial charge in [-0.3, -0.25) is 9.59 Å². The van der Waals surface area contributed by atoms with Gasteiger partial charge < -0.3 is 20.3 Å². The number of hydrogen-bond acceptors (Lipinski definition) is 3. The van der Waals surface area contributed by atoms with Crippen LogP contribution in [0.4, 0.5) is 5.69 Å². The molecule has 0 aliphatic carbocycles. The second-order valence-corrected chi connectivity index (χ2v) is 6.22. The summed E-state index contributed by atoms with van der Waals surface area (Å²) in [6.07, 6.45) is 2.44. The predicted octanol–water partition coefficient (Wildman–Crippen LogP) is 2.52. The molecule has 1 saturated heterocycles. The van der Waals surface area contributed by atoms with Crippen LogP contribution >= 0.6 is 11.6 Å². The number of aliphatic hydroxyl groups is 1. The van der Waals surface area contributed by atoms with E-state index >= 15 is 0 Å². The van der Waals surface area contributed by atoms with Crippen molar-refractivity contribution in [1.82, 2.24) is 9.88 Å². The summed E-state index contributed by atoms with van der Waals surface area (Å²) in [5.74, 6) is -0.359. The molecule has 126 valence electrons. The van der Waals surface area contributed by atoms with Crippen molar-refractivity contribution in [1.29, 1.82) is 0 Å². The molecule has 6 nitrogen and oxygen atoms in total. The Morgan fingerprint density at radius 1 is 1.21 bits per heavy atom. The van der Waals surface area contributed by atoms with Crippen molar-refractivity contribution in [3.63, 3.8) is 0 Å². The Bertz CT molecular complexity index is 734. The molecule has 1 aromatic heterocycles. The molecule has 2 heterocycles. The van der Waals surface area contributed by atoms with Gasteiger partial charge in [0.2, 0.25) is 0 Å². The second kappa shape index (κ2) is 7.07. The van der Waals surface area contributed by atoms with Crippen molar-refractivity contribution in [3.05, 3.63) is 52.8 Å². The Morgan fingerprint density at radius 3 is 2.46 bits per heavy atom. The van der Waals surface area contributed by atoms with Crippen LogP contribution < -0.4 is 5.32 Å². The number of piperidine rings is 1. The minimum atomic E-state index is -0.312. The first-order chi connectivity index (χ1) is 11.5. The van der Waals surface area contributed by atoms with Crippen LogP contribution in [0.3, 0.4) is 0 Å². The van der Waals surface area contributed by atoms with Crippen LogP contribution in [0.15, 0.2) is 36.5 Å². The number of amides is 2. The third-order valence-corrected chi connectivity index (χ3v) is 4.25. The second-order valence-electron chi connectivity index (χ2n) is 5.79. The van der Waals surface area contributed by atoms with Crippen molar-refractivity contribution >= 4 is 29.1 Å². The largest absolute Gasteiger partial charge is 0.393 e. The summed E-state index contributed by atoms with van der Waals surface area (Å²) < 4.78 is 0. The van der Waals surface area contributed by atoms with Gasteiger partial charge in [0.15, 0.2) is 0 Å². The topological polar surface area (TPSA) is 85.4 Å². The van der Waals surface area contributed by atoms with Gasteiger partial charge in [0.05, 0.1) is 11.1 Å². The van der Waals surface area contributed by atoms with Gasteiger partial charge in [-0.25, -0.2) is 0 Å². The Kier molecular flexibility index (Phi) is 4.87. The van der Waals surface area contributed by atoms with Gasteiger partial charge in [-0.2, -0.15) is 0 Å². The molecule has 0 radical (unpaired) electrons. The lowest BCUT2D eigenvalue weighted by atomic mass is 10.1. The monoisotopic (exact) mass is 347 g/mol. The zero-order valence-corrected chi connectivity index (χ0v) is 13.7. The normalized spacial score (nSPS) is 15.3. The molecule has 1 fully saturated rings. The first kappa shape index (κ1) is 16.5. The maximum atomic E-state index is 12.4. The molecule has 0 bridgehead atoms. The molecule has 1 aliphatic heterocycles. The number of likely N-dealkylation sites (tertiary alicyclic amines) is 1. The van der Waals surface area contributed by atoms with E-state index in [2.05, 4.69) is 10.3 Å². The van der Waals surface area contributed by atoms with Crippen LogP contribution in [-0.4, -0.2) is 46.0 Å². The summed E-state index contributed by atoms with van der Waals surface area (Å²) >= 11 is 5.78. The SMILES string of the molecule is O=C(Nc1ccc(C(=O)N2CCC(O)CC2)cc1)c1cc(Cl)c[nH]1. The minimum absolute atomic E-state index is 0.0593. The van der Waals surface area contributed by atoms with Gasteiger partial charge in [-0.1, -0.05) is 11.6 Å². The van der Waals surface area contributed by atoms with E-state index in [1.165, 1.54) is 6.20 Å². The number of benzene rings is 1. The van der Waals surface area contributed by atoms with E-state index in [0.29, 0.717) is 47.9 Å². The molecule has 24 heavy (non-hydrogen) atoms. The van der Waals surface area contributed by atoms with Crippen LogP contribution in [0.2, 0.25) is 5.02 Å². The molecule has 0 atom stereocenters. The summed E-state index contributed by atoms with van der Waals surface area (Å²) in [5, 5.41) is 12.7. The zero-order chi connectivity index (χ0) is 17.1. The van der Waals surface area contributed by atoms with Gasteiger partial charge in [0, 0.05) is 30.5 Å². The molecule has 7 heteroatoms. The fraction of sp³-hybridized carbons (Fsp3) is 0.294. The average molecular weight is 348 g/mol. The number of carbonyl (C=O) groups excluding carboxylic acids is 2. The van der Waals surface area contributed by atoms with E-state index < -0.39 is 0 Å². The molecule has 0 unspecified atom stereocenters. The molecule has 1 aromatic carbocycles. The number of aromatic amines is 1. The van der Waals surface area contributed by atoms with E-state index in [1.807, 2.05) is 0 Å². The highest BCUT2D eigenvalue weighted by Crippen LogP contribution is 2.17. The van der Waals surface area contributed by atoms with E-state index in [-0.39, 0.29) is 17.9 Å². The van der Waals surface area contributed by atoms with Crippen LogP contribution in [0.25, 0.3) is 0 Å². The summed E-state index contributed by atoms with van der Waals surface area (Å²) in [6, 6.07) is 8.29. The molecule has 0 spiro atoms. The number of nitrogens with one attached hydrogen (secondary N) is 2. The van der Waals surface area contributed by atoms with Gasteiger partial charge in [0.25, 0.3) is 11.8 Å². The maximum absolute atomic E-state index is 12.4. The lowest BCUT2D eigenvalue weighted by Gasteiger charge is -2.29. The van der Waals surface area contributed by atoms with Crippen LogP contribution in [-0.2, 0) is 0 Å². The number of aliphatic hydroxyl groups excluding tert-OH is 1. The highest BCUT2D eigenvalue weighted by molar-refractivity contribution is 6.31. The van der Waals surface area contributed by atoms with Gasteiger partial charge in [-0.15, -0.1) is 0 Å². The summed E-state index contributed by atoms with van der Waals surface area (Å²) in [7, 11) is 0. The first-order valence-corrected chi connectivity index (χ1v) is 8.13. The standard InChI is InChI=1S/C17H18ClN3O3/c18-12-9-15(19-10-12)16(23)20-13-3-1-11(2-4-13)17(24)21-7-5-14(22)6-8-21/h1-4,9-10,14,19,22H,5-8H2,(H,20,23). The first-order valence-electron chi connectivity index (χ1n) is 7.75. The van der Waals surface area contributed by atoms with Gasteiger partial charge >= 0.3 is 0 Å². The number of carbonyl (C=O) groups is 2. The minimum Gasteiger partial charge on any atom is -0.393 e. The smallest absolute Gasteiger partial charge is 0.272 e. The lowest BCUT2D eigenvalue weighted by molar-refractivity contribution is 0.0546. The van der Waals surface area contributed by atoms with E-state index in [1.54, 1.807) is 35.2 Å². The third-order valence-electron chi connectivity index (χ3n) is 4.03. The Morgan fingerprint density at radius 2 is 1.88 bits per heavy atom. The summed E-state index contributed by atoms with van der Waals surface area (Å²) in [6.45, 7) is 1.12. The number of hydrogen-bond donors (Lipinski definition) is 3. The van der Waals surface area contributed by atoms with Gasteiger partial charge in [0.1, 0.15) is 5.69 Å². The Labute approximate surface area is 144 Å². The fourth-order valence-corrected chi connectivity index (χ4v) is 2.81. The van der Waals surface area contributed by atoms with E-state index in [0.717, 1.165) is 0 Å². The molecular weight excluding hydrogens is 330 g/mol. The third kappa shape index (κ3) is 3.77.